The van der Waals surface area contributed by atoms with Crippen LogP contribution in [0.5, 0.6) is 5.75 Å². The number of carboxylic acids is 2. The minimum absolute atomic E-state index is 0.101. The van der Waals surface area contributed by atoms with Crippen molar-refractivity contribution in [1.82, 2.24) is 0 Å². The van der Waals surface area contributed by atoms with Crippen molar-refractivity contribution in [3.8, 4) is 5.75 Å². The van der Waals surface area contributed by atoms with Gasteiger partial charge in [0.15, 0.2) is 0 Å². The molecule has 0 atom stereocenters. The van der Waals surface area contributed by atoms with Crippen molar-refractivity contribution in [3.05, 3.63) is 128 Å². The molecule has 0 unspecified atom stereocenters. The van der Waals surface area contributed by atoms with Gasteiger partial charge in [0.25, 0.3) is 17.5 Å². The zero-order chi connectivity index (χ0) is 29.7. The summed E-state index contributed by atoms with van der Waals surface area (Å²) in [6, 6.07) is 19.9. The van der Waals surface area contributed by atoms with E-state index in [2.05, 4.69) is 10.6 Å². The Balaban J connectivity index is 1.40. The maximum absolute atomic E-state index is 12.7. The number of hydrogen-bond donors (Lipinski definition) is 5. The Kier molecular flexibility index (Phi) is 8.04. The van der Waals surface area contributed by atoms with Gasteiger partial charge in [-0.25, -0.2) is 9.59 Å². The number of non-ortho nitro benzene ring substituents is 1. The van der Waals surface area contributed by atoms with Gasteiger partial charge in [0.05, 0.1) is 27.2 Å². The molecule has 12 nitrogen and oxygen atoms in total. The normalized spacial score (nSPS) is 10.4. The number of carboxylic acid groups (broad SMARTS) is 2. The Morgan fingerprint density at radius 3 is 1.61 bits per heavy atom. The molecule has 4 aromatic carbocycles. The molecule has 0 heterocycles. The maximum Gasteiger partial charge on any atom is 0.336 e. The lowest BCUT2D eigenvalue weighted by Gasteiger charge is -2.10. The molecule has 0 aromatic heterocycles. The van der Waals surface area contributed by atoms with Crippen LogP contribution in [0.3, 0.4) is 0 Å². The lowest BCUT2D eigenvalue weighted by molar-refractivity contribution is -0.384. The van der Waals surface area contributed by atoms with E-state index in [4.69, 9.17) is 0 Å². The predicted molar refractivity (Wildman–Crippen MR) is 147 cm³/mol. The first-order chi connectivity index (χ1) is 19.5. The summed E-state index contributed by atoms with van der Waals surface area (Å²) in [7, 11) is 0. The van der Waals surface area contributed by atoms with Crippen LogP contribution in [0.4, 0.5) is 17.1 Å². The lowest BCUT2D eigenvalue weighted by Crippen LogP contribution is -2.16. The number of anilines is 2. The number of carbonyl (C=O) groups excluding carboxylic acids is 2. The first-order valence-corrected chi connectivity index (χ1v) is 11.9. The van der Waals surface area contributed by atoms with Crippen molar-refractivity contribution in [2.75, 3.05) is 10.6 Å². The molecule has 0 radical (unpaired) electrons. The van der Waals surface area contributed by atoms with Gasteiger partial charge in [-0.1, -0.05) is 24.3 Å². The fourth-order valence-electron chi connectivity index (χ4n) is 3.97. The van der Waals surface area contributed by atoms with Crippen molar-refractivity contribution in [2.24, 2.45) is 0 Å². The second-order valence-electron chi connectivity index (χ2n) is 8.81. The third-order valence-electron chi connectivity index (χ3n) is 6.00. The van der Waals surface area contributed by atoms with Crippen molar-refractivity contribution in [2.45, 2.75) is 6.42 Å². The fourth-order valence-corrected chi connectivity index (χ4v) is 3.97. The van der Waals surface area contributed by atoms with Gasteiger partial charge in [-0.15, -0.1) is 0 Å². The highest BCUT2D eigenvalue weighted by atomic mass is 16.6. The number of nitrogens with one attached hydrogen (secondary N) is 2. The van der Waals surface area contributed by atoms with Crippen molar-refractivity contribution in [1.29, 1.82) is 0 Å². The summed E-state index contributed by atoms with van der Waals surface area (Å²) >= 11 is 0. The van der Waals surface area contributed by atoms with Crippen molar-refractivity contribution in [3.63, 3.8) is 0 Å². The first kappa shape index (κ1) is 28.0. The molecule has 4 aromatic rings. The van der Waals surface area contributed by atoms with Gasteiger partial charge in [0.1, 0.15) is 5.75 Å². The molecule has 0 aliphatic heterocycles. The number of aromatic carboxylic acids is 2. The van der Waals surface area contributed by atoms with E-state index in [9.17, 15) is 44.6 Å². The summed E-state index contributed by atoms with van der Waals surface area (Å²) < 4.78 is 0. The Hall–Kier alpha value is -6.04. The topological polar surface area (TPSA) is 196 Å². The summed E-state index contributed by atoms with van der Waals surface area (Å²) in [5, 5.41) is 44.4. The molecule has 0 fully saturated rings. The second-order valence-corrected chi connectivity index (χ2v) is 8.81. The number of nitro groups is 1. The zero-order valence-electron chi connectivity index (χ0n) is 21.0. The summed E-state index contributed by atoms with van der Waals surface area (Å²) in [5.41, 5.74) is 1.00. The molecule has 4 rings (SSSR count). The molecule has 41 heavy (non-hydrogen) atoms. The summed E-state index contributed by atoms with van der Waals surface area (Å²) in [4.78, 5) is 58.5. The number of benzene rings is 4. The van der Waals surface area contributed by atoms with Crippen LogP contribution in [-0.2, 0) is 6.42 Å². The van der Waals surface area contributed by atoms with Gasteiger partial charge in [-0.3, -0.25) is 19.7 Å². The average molecular weight is 555 g/mol. The number of amides is 2. The number of hydrogen-bond acceptors (Lipinski definition) is 7. The van der Waals surface area contributed by atoms with E-state index in [-0.39, 0.29) is 28.0 Å². The van der Waals surface area contributed by atoms with Crippen LogP contribution >= 0.6 is 0 Å². The summed E-state index contributed by atoms with van der Waals surface area (Å²) in [5.74, 6) is -4.46. The average Bonchev–Trinajstić information content (AvgIpc) is 2.94. The Morgan fingerprint density at radius 2 is 1.12 bits per heavy atom. The molecule has 0 aliphatic rings. The molecular weight excluding hydrogens is 534 g/mol. The first-order valence-electron chi connectivity index (χ1n) is 11.9. The standard InChI is InChI=1S/C29H21N3O9/c33-21-10-12-22(25(15-21)29(38)39)26(34)30-18-5-1-16(2-6-18)13-17-3-7-19(8-4-17)31-27(35)24-14-20(32(40)41)9-11-23(24)28(36)37/h1-12,14-15,33H,13H2,(H,30,34)(H,31,35)(H,36,37)(H,38,39). The van der Waals surface area contributed by atoms with E-state index in [1.54, 1.807) is 48.5 Å². The highest BCUT2D eigenvalue weighted by Crippen LogP contribution is 2.22. The number of rotatable bonds is 9. The van der Waals surface area contributed by atoms with Crippen LogP contribution in [0.1, 0.15) is 52.6 Å². The molecule has 0 spiro atoms. The van der Waals surface area contributed by atoms with Crippen LogP contribution in [0.2, 0.25) is 0 Å². The zero-order valence-corrected chi connectivity index (χ0v) is 21.0. The van der Waals surface area contributed by atoms with Gasteiger partial charge >= 0.3 is 11.9 Å². The minimum Gasteiger partial charge on any atom is -0.508 e. The number of phenolic OH excluding ortho intramolecular Hbond substituents is 1. The van der Waals surface area contributed by atoms with Gasteiger partial charge in [-0.2, -0.15) is 0 Å². The second kappa shape index (κ2) is 11.8. The van der Waals surface area contributed by atoms with Crippen LogP contribution in [0, 0.1) is 10.1 Å². The number of nitro benzene ring substituents is 1. The molecule has 5 N–H and O–H groups in total. The number of carbonyl (C=O) groups is 4. The molecule has 0 aliphatic carbocycles. The summed E-state index contributed by atoms with van der Waals surface area (Å²) in [6.07, 6.45) is 0.498. The van der Waals surface area contributed by atoms with Crippen LogP contribution < -0.4 is 10.6 Å². The van der Waals surface area contributed by atoms with E-state index >= 15 is 0 Å². The number of phenols is 1. The molecule has 12 heteroatoms. The van der Waals surface area contributed by atoms with Gasteiger partial charge in [0.2, 0.25) is 0 Å². The smallest absolute Gasteiger partial charge is 0.336 e. The van der Waals surface area contributed by atoms with Crippen molar-refractivity contribution >= 4 is 40.8 Å². The highest BCUT2D eigenvalue weighted by Gasteiger charge is 2.21. The molecular formula is C29H21N3O9. The fraction of sp³-hybridized carbons (Fsp3) is 0.0345. The van der Waals surface area contributed by atoms with Crippen LogP contribution in [0.15, 0.2) is 84.9 Å². The predicted octanol–water partition coefficient (Wildman–Crippen LogP) is 4.79. The van der Waals surface area contributed by atoms with E-state index in [1.165, 1.54) is 12.1 Å². The van der Waals surface area contributed by atoms with Crippen LogP contribution in [0.25, 0.3) is 0 Å². The van der Waals surface area contributed by atoms with Gasteiger partial charge < -0.3 is 26.0 Å². The minimum atomic E-state index is -1.39. The number of nitrogens with zero attached hydrogens (tertiary/aromatic N) is 1. The third kappa shape index (κ3) is 6.70. The lowest BCUT2D eigenvalue weighted by atomic mass is 10.0. The maximum atomic E-state index is 12.7. The molecule has 0 saturated carbocycles. The monoisotopic (exact) mass is 555 g/mol. The molecule has 0 saturated heterocycles. The SMILES string of the molecule is O=C(O)c1cc(O)ccc1C(=O)Nc1ccc(Cc2ccc(NC(=O)c3cc([N+](=O)[O-])ccc3C(=O)O)cc2)cc1. The summed E-state index contributed by atoms with van der Waals surface area (Å²) in [6.45, 7) is 0. The Morgan fingerprint density at radius 1 is 0.634 bits per heavy atom. The van der Waals surface area contributed by atoms with Crippen molar-refractivity contribution < 1.29 is 39.4 Å². The van der Waals surface area contributed by atoms with E-state index in [0.29, 0.717) is 17.8 Å². The van der Waals surface area contributed by atoms with E-state index in [0.717, 1.165) is 35.4 Å². The Bertz CT molecular complexity index is 1680. The molecule has 206 valence electrons. The highest BCUT2D eigenvalue weighted by molar-refractivity contribution is 6.11. The van der Waals surface area contributed by atoms with Gasteiger partial charge in [0, 0.05) is 23.5 Å². The quantitative estimate of drug-likeness (QED) is 0.142. The Labute approximate surface area is 231 Å². The largest absolute Gasteiger partial charge is 0.508 e. The van der Waals surface area contributed by atoms with Gasteiger partial charge in [-0.05, 0) is 66.1 Å². The van der Waals surface area contributed by atoms with E-state index < -0.39 is 34.4 Å². The molecule has 0 bridgehead atoms. The third-order valence-corrected chi connectivity index (χ3v) is 6.00. The molecule has 2 amide bonds. The number of aromatic hydroxyl groups is 1. The van der Waals surface area contributed by atoms with Crippen LogP contribution in [-0.4, -0.2) is 44.0 Å². The van der Waals surface area contributed by atoms with E-state index in [1.807, 2.05) is 0 Å².